The smallest absolute Gasteiger partial charge is 0.241 e. The number of hydrogen-bond acceptors (Lipinski definition) is 4. The van der Waals surface area contributed by atoms with Crippen molar-refractivity contribution >= 4 is 11.7 Å². The van der Waals surface area contributed by atoms with Gasteiger partial charge < -0.3 is 11.1 Å². The maximum Gasteiger partial charge on any atom is 0.241 e. The van der Waals surface area contributed by atoms with E-state index in [0.717, 1.165) is 25.9 Å². The van der Waals surface area contributed by atoms with Gasteiger partial charge >= 0.3 is 0 Å². The Kier molecular flexibility index (Phi) is 4.32. The van der Waals surface area contributed by atoms with Crippen LogP contribution in [0.15, 0.2) is 12.3 Å². The predicted molar refractivity (Wildman–Crippen MR) is 79.1 cm³/mol. The van der Waals surface area contributed by atoms with Gasteiger partial charge in [-0.05, 0) is 39.7 Å². The quantitative estimate of drug-likeness (QED) is 0.860. The van der Waals surface area contributed by atoms with Gasteiger partial charge in [-0.15, -0.1) is 0 Å². The number of nitrogens with one attached hydrogen (secondary N) is 1. The zero-order chi connectivity index (χ0) is 14.8. The summed E-state index contributed by atoms with van der Waals surface area (Å²) in [4.78, 5) is 14.4. The lowest BCUT2D eigenvalue weighted by atomic mass is 9.98. The highest BCUT2D eigenvalue weighted by molar-refractivity contribution is 5.76. The van der Waals surface area contributed by atoms with E-state index in [9.17, 15) is 4.79 Å². The summed E-state index contributed by atoms with van der Waals surface area (Å²) < 4.78 is 1.56. The lowest BCUT2D eigenvalue weighted by molar-refractivity contribution is -0.122. The number of piperidine rings is 1. The van der Waals surface area contributed by atoms with Crippen LogP contribution in [0.4, 0.5) is 5.82 Å². The Balaban J connectivity index is 1.76. The van der Waals surface area contributed by atoms with Crippen LogP contribution in [-0.4, -0.2) is 45.3 Å². The molecule has 20 heavy (non-hydrogen) atoms. The fraction of sp³-hybridized carbons (Fsp3) is 0.714. The molecule has 0 unspecified atom stereocenters. The first-order valence-corrected chi connectivity index (χ1v) is 7.18. The molecule has 6 nitrogen and oxygen atoms in total. The molecular formula is C14H25N5O. The van der Waals surface area contributed by atoms with Crippen LogP contribution in [-0.2, 0) is 11.3 Å². The van der Waals surface area contributed by atoms with Gasteiger partial charge in [0.2, 0.25) is 5.91 Å². The Hall–Kier alpha value is -1.56. The van der Waals surface area contributed by atoms with E-state index in [-0.39, 0.29) is 24.0 Å². The summed E-state index contributed by atoms with van der Waals surface area (Å²) >= 11 is 0. The van der Waals surface area contributed by atoms with Crippen LogP contribution in [0.5, 0.6) is 0 Å². The van der Waals surface area contributed by atoms with Gasteiger partial charge in [0.25, 0.3) is 0 Å². The molecule has 0 spiro atoms. The molecule has 6 heteroatoms. The van der Waals surface area contributed by atoms with Crippen LogP contribution in [0.3, 0.4) is 0 Å². The van der Waals surface area contributed by atoms with Crippen molar-refractivity contribution in [1.82, 2.24) is 20.0 Å². The minimum absolute atomic E-state index is 0.00214. The monoisotopic (exact) mass is 279 g/mol. The largest absolute Gasteiger partial charge is 0.382 e. The molecule has 1 amide bonds. The number of nitrogens with zero attached hydrogens (tertiary/aromatic N) is 3. The van der Waals surface area contributed by atoms with E-state index in [4.69, 9.17) is 5.73 Å². The third-order valence-corrected chi connectivity index (χ3v) is 3.78. The molecule has 3 N–H and O–H groups in total. The number of carbonyl (C=O) groups is 1. The number of amides is 1. The number of nitrogen functional groups attached to an aromatic ring is 1. The highest BCUT2D eigenvalue weighted by Crippen LogP contribution is 2.19. The van der Waals surface area contributed by atoms with Crippen molar-refractivity contribution in [3.05, 3.63) is 12.3 Å². The highest BCUT2D eigenvalue weighted by Gasteiger charge is 2.27. The molecule has 0 saturated carbocycles. The number of carbonyl (C=O) groups excluding carboxylic acids is 1. The number of likely N-dealkylation sites (tertiary alicyclic amines) is 1. The second-order valence-electron chi connectivity index (χ2n) is 6.44. The summed E-state index contributed by atoms with van der Waals surface area (Å²) in [6.45, 7) is 8.99. The van der Waals surface area contributed by atoms with Crippen molar-refractivity contribution in [3.63, 3.8) is 0 Å². The summed E-state index contributed by atoms with van der Waals surface area (Å²) in [6, 6.07) is 1.96. The molecule has 1 aromatic heterocycles. The number of anilines is 1. The van der Waals surface area contributed by atoms with Crippen molar-refractivity contribution in [1.29, 1.82) is 0 Å². The first kappa shape index (κ1) is 14.8. The first-order valence-electron chi connectivity index (χ1n) is 7.18. The van der Waals surface area contributed by atoms with Crippen LogP contribution >= 0.6 is 0 Å². The van der Waals surface area contributed by atoms with Crippen molar-refractivity contribution < 1.29 is 4.79 Å². The second-order valence-corrected chi connectivity index (χ2v) is 6.44. The molecule has 1 aromatic rings. The Morgan fingerprint density at radius 1 is 1.45 bits per heavy atom. The maximum absolute atomic E-state index is 11.9. The van der Waals surface area contributed by atoms with Gasteiger partial charge in [0.15, 0.2) is 0 Å². The van der Waals surface area contributed by atoms with Gasteiger partial charge in [-0.3, -0.25) is 14.4 Å². The van der Waals surface area contributed by atoms with Crippen molar-refractivity contribution in [2.45, 2.75) is 51.7 Å². The number of rotatable bonds is 3. The molecule has 0 bridgehead atoms. The van der Waals surface area contributed by atoms with Crippen LogP contribution in [0.25, 0.3) is 0 Å². The third-order valence-electron chi connectivity index (χ3n) is 3.78. The molecule has 0 atom stereocenters. The number of aromatic nitrogens is 2. The Bertz CT molecular complexity index is 454. The van der Waals surface area contributed by atoms with E-state index in [0.29, 0.717) is 5.82 Å². The molecule has 1 aliphatic heterocycles. The normalized spacial score (nSPS) is 18.1. The van der Waals surface area contributed by atoms with E-state index in [1.165, 1.54) is 0 Å². The van der Waals surface area contributed by atoms with Crippen LogP contribution in [0.1, 0.15) is 33.6 Å². The maximum atomic E-state index is 11.9. The van der Waals surface area contributed by atoms with E-state index in [1.807, 2.05) is 0 Å². The Labute approximate surface area is 120 Å². The van der Waals surface area contributed by atoms with Crippen molar-refractivity contribution in [2.24, 2.45) is 0 Å². The van der Waals surface area contributed by atoms with E-state index >= 15 is 0 Å². The summed E-state index contributed by atoms with van der Waals surface area (Å²) in [5.74, 6) is 0.443. The lowest BCUT2D eigenvalue weighted by Crippen LogP contribution is -2.51. The standard InChI is InChI=1S/C14H25N5O/c1-14(2,3)18-7-4-11(5-8-18)16-13(20)10-19-9-6-12(15)17-19/h6,9,11H,4-5,7-8,10H2,1-3H3,(H2,15,17)(H,16,20). The number of nitrogens with two attached hydrogens (primary N) is 1. The van der Waals surface area contributed by atoms with Crippen LogP contribution in [0.2, 0.25) is 0 Å². The van der Waals surface area contributed by atoms with E-state index in [2.05, 4.69) is 36.1 Å². The third kappa shape index (κ3) is 3.96. The first-order chi connectivity index (χ1) is 9.34. The zero-order valence-electron chi connectivity index (χ0n) is 12.6. The molecule has 1 fully saturated rings. The molecule has 1 saturated heterocycles. The fourth-order valence-electron chi connectivity index (χ4n) is 2.58. The average Bonchev–Trinajstić information content (AvgIpc) is 2.74. The summed E-state index contributed by atoms with van der Waals surface area (Å²) in [5.41, 5.74) is 5.74. The van der Waals surface area contributed by atoms with Gasteiger partial charge in [0, 0.05) is 30.9 Å². The zero-order valence-corrected chi connectivity index (χ0v) is 12.6. The van der Waals surface area contributed by atoms with Gasteiger partial charge in [-0.25, -0.2) is 0 Å². The van der Waals surface area contributed by atoms with Gasteiger partial charge in [0.05, 0.1) is 0 Å². The van der Waals surface area contributed by atoms with Gasteiger partial charge in [-0.2, -0.15) is 5.10 Å². The second kappa shape index (κ2) is 5.83. The summed E-state index contributed by atoms with van der Waals surface area (Å²) in [6.07, 6.45) is 3.73. The Morgan fingerprint density at radius 3 is 2.60 bits per heavy atom. The van der Waals surface area contributed by atoms with Gasteiger partial charge in [0.1, 0.15) is 12.4 Å². The van der Waals surface area contributed by atoms with Crippen molar-refractivity contribution in [2.75, 3.05) is 18.8 Å². The molecule has 2 heterocycles. The van der Waals surface area contributed by atoms with Crippen LogP contribution in [0, 0.1) is 0 Å². The molecule has 112 valence electrons. The summed E-state index contributed by atoms with van der Waals surface area (Å²) in [5, 5.41) is 7.09. The van der Waals surface area contributed by atoms with Crippen LogP contribution < -0.4 is 11.1 Å². The molecule has 0 aromatic carbocycles. The van der Waals surface area contributed by atoms with E-state index in [1.54, 1.807) is 16.9 Å². The fourth-order valence-corrected chi connectivity index (χ4v) is 2.58. The van der Waals surface area contributed by atoms with Gasteiger partial charge in [-0.1, -0.05) is 0 Å². The average molecular weight is 279 g/mol. The molecule has 0 aliphatic carbocycles. The highest BCUT2D eigenvalue weighted by atomic mass is 16.2. The predicted octanol–water partition coefficient (Wildman–Crippen LogP) is 0.844. The minimum Gasteiger partial charge on any atom is -0.382 e. The van der Waals surface area contributed by atoms with E-state index < -0.39 is 0 Å². The minimum atomic E-state index is 0.00214. The van der Waals surface area contributed by atoms with Crippen molar-refractivity contribution in [3.8, 4) is 0 Å². The molecular weight excluding hydrogens is 254 g/mol. The molecule has 0 radical (unpaired) electrons. The Morgan fingerprint density at radius 2 is 2.10 bits per heavy atom. The molecule has 2 rings (SSSR count). The SMILES string of the molecule is CC(C)(C)N1CCC(NC(=O)Cn2ccc(N)n2)CC1. The number of hydrogen-bond donors (Lipinski definition) is 2. The lowest BCUT2D eigenvalue weighted by Gasteiger charge is -2.41. The molecule has 1 aliphatic rings. The summed E-state index contributed by atoms with van der Waals surface area (Å²) in [7, 11) is 0. The topological polar surface area (TPSA) is 76.2 Å².